The van der Waals surface area contributed by atoms with Crippen LogP contribution in [0.3, 0.4) is 0 Å². The van der Waals surface area contributed by atoms with E-state index in [1.807, 2.05) is 0 Å². The molecule has 22 heavy (non-hydrogen) atoms. The van der Waals surface area contributed by atoms with Crippen LogP contribution in [0.5, 0.6) is 0 Å². The number of anilines is 1. The maximum atomic E-state index is 12.1. The highest BCUT2D eigenvalue weighted by Crippen LogP contribution is 2.09. The quantitative estimate of drug-likeness (QED) is 0.290. The molecule has 1 aromatic carbocycles. The van der Waals surface area contributed by atoms with E-state index in [0.29, 0.717) is 12.1 Å². The van der Waals surface area contributed by atoms with Crippen molar-refractivity contribution >= 4 is 17.5 Å². The van der Waals surface area contributed by atoms with Crippen LogP contribution in [-0.4, -0.2) is 35.7 Å². The Morgan fingerprint density at radius 3 is 2.45 bits per heavy atom. The molecule has 0 bridgehead atoms. The number of amides is 2. The van der Waals surface area contributed by atoms with Gasteiger partial charge < -0.3 is 16.4 Å². The zero-order chi connectivity index (χ0) is 16.5. The molecule has 0 saturated carbocycles. The molecule has 0 saturated heterocycles. The summed E-state index contributed by atoms with van der Waals surface area (Å²) in [5.74, 6) is 4.42. The van der Waals surface area contributed by atoms with E-state index < -0.39 is 23.9 Å². The van der Waals surface area contributed by atoms with Crippen molar-refractivity contribution in [2.75, 3.05) is 11.9 Å². The van der Waals surface area contributed by atoms with E-state index in [1.165, 1.54) is 5.48 Å². The minimum Gasteiger partial charge on any atom is -0.374 e. The van der Waals surface area contributed by atoms with Crippen molar-refractivity contribution in [3.8, 4) is 11.8 Å². The smallest absolute Gasteiger partial charge is 0.267 e. The van der Waals surface area contributed by atoms with Crippen LogP contribution in [0.1, 0.15) is 24.2 Å². The van der Waals surface area contributed by atoms with Crippen LogP contribution in [0.15, 0.2) is 24.3 Å². The zero-order valence-corrected chi connectivity index (χ0v) is 12.5. The Kier molecular flexibility index (Phi) is 6.89. The Balaban J connectivity index is 2.71. The third-order valence-electron chi connectivity index (χ3n) is 2.91. The monoisotopic (exact) mass is 304 g/mol. The minimum absolute atomic E-state index is 0.378. The van der Waals surface area contributed by atoms with Crippen molar-refractivity contribution < 1.29 is 14.8 Å². The van der Waals surface area contributed by atoms with Gasteiger partial charge in [0.05, 0.1) is 6.54 Å². The van der Waals surface area contributed by atoms with Crippen LogP contribution in [0.25, 0.3) is 0 Å². The van der Waals surface area contributed by atoms with Crippen LogP contribution >= 0.6 is 0 Å². The minimum atomic E-state index is -1.02. The molecular formula is C15H20N4O3. The maximum absolute atomic E-state index is 12.1. The zero-order valence-electron chi connectivity index (χ0n) is 12.5. The number of carbonyl (C=O) groups excluding carboxylic acids is 2. The molecule has 0 spiro atoms. The largest absolute Gasteiger partial charge is 0.374 e. The second-order valence-corrected chi connectivity index (χ2v) is 4.64. The average molecular weight is 304 g/mol. The summed E-state index contributed by atoms with van der Waals surface area (Å²) < 4.78 is 0. The van der Waals surface area contributed by atoms with E-state index in [0.717, 1.165) is 5.69 Å². The summed E-state index contributed by atoms with van der Waals surface area (Å²) in [6.07, 6.45) is 0. The molecule has 0 aliphatic rings. The van der Waals surface area contributed by atoms with Crippen molar-refractivity contribution in [3.63, 3.8) is 0 Å². The van der Waals surface area contributed by atoms with Crippen molar-refractivity contribution in [2.24, 2.45) is 5.73 Å². The van der Waals surface area contributed by atoms with Gasteiger partial charge in [-0.3, -0.25) is 14.8 Å². The van der Waals surface area contributed by atoms with Gasteiger partial charge in [-0.15, -0.1) is 5.92 Å². The number of hydrogen-bond donors (Lipinski definition) is 5. The molecule has 0 aromatic heterocycles. The summed E-state index contributed by atoms with van der Waals surface area (Å²) in [6, 6.07) is 5.04. The van der Waals surface area contributed by atoms with Gasteiger partial charge in [0.15, 0.2) is 0 Å². The lowest BCUT2D eigenvalue weighted by Gasteiger charge is -2.20. The molecule has 7 nitrogen and oxygen atoms in total. The molecule has 6 N–H and O–H groups in total. The predicted octanol–water partition coefficient (Wildman–Crippen LogP) is 0.0728. The molecule has 1 rings (SSSR count). The van der Waals surface area contributed by atoms with Crippen LogP contribution < -0.4 is 21.8 Å². The number of carbonyl (C=O) groups is 2. The van der Waals surface area contributed by atoms with Crippen LogP contribution in [0.2, 0.25) is 0 Å². The van der Waals surface area contributed by atoms with E-state index >= 15 is 0 Å². The molecular weight excluding hydrogens is 284 g/mol. The predicted molar refractivity (Wildman–Crippen MR) is 83.2 cm³/mol. The first-order valence-corrected chi connectivity index (χ1v) is 6.73. The summed E-state index contributed by atoms with van der Waals surface area (Å²) in [5, 5.41) is 14.2. The van der Waals surface area contributed by atoms with E-state index in [9.17, 15) is 9.59 Å². The first-order chi connectivity index (χ1) is 10.5. The van der Waals surface area contributed by atoms with Gasteiger partial charge in [-0.25, -0.2) is 5.48 Å². The summed E-state index contributed by atoms with van der Waals surface area (Å²) in [4.78, 5) is 23.5. The number of rotatable bonds is 6. The van der Waals surface area contributed by atoms with E-state index in [1.54, 1.807) is 38.1 Å². The molecule has 0 aliphatic heterocycles. The van der Waals surface area contributed by atoms with Gasteiger partial charge in [0.1, 0.15) is 6.04 Å². The van der Waals surface area contributed by atoms with Gasteiger partial charge in [-0.1, -0.05) is 5.92 Å². The lowest BCUT2D eigenvalue weighted by atomic mass is 10.1. The van der Waals surface area contributed by atoms with E-state index in [4.69, 9.17) is 10.9 Å². The molecule has 2 unspecified atom stereocenters. The lowest BCUT2D eigenvalue weighted by molar-refractivity contribution is -0.131. The van der Waals surface area contributed by atoms with Crippen molar-refractivity contribution in [3.05, 3.63) is 29.8 Å². The van der Waals surface area contributed by atoms with Crippen molar-refractivity contribution in [2.45, 2.75) is 25.9 Å². The Morgan fingerprint density at radius 1 is 1.32 bits per heavy atom. The summed E-state index contributed by atoms with van der Waals surface area (Å²) in [5.41, 5.74) is 8.31. The summed E-state index contributed by atoms with van der Waals surface area (Å²) in [7, 11) is 0. The first kappa shape index (κ1) is 17.5. The van der Waals surface area contributed by atoms with Gasteiger partial charge in [0.2, 0.25) is 0 Å². The van der Waals surface area contributed by atoms with Crippen LogP contribution in [0, 0.1) is 11.8 Å². The van der Waals surface area contributed by atoms with Gasteiger partial charge in [-0.05, 0) is 38.1 Å². The van der Waals surface area contributed by atoms with Gasteiger partial charge in [-0.2, -0.15) is 0 Å². The lowest BCUT2D eigenvalue weighted by Crippen LogP contribution is -2.54. The highest BCUT2D eigenvalue weighted by Gasteiger charge is 2.24. The fourth-order valence-corrected chi connectivity index (χ4v) is 1.70. The average Bonchev–Trinajstić information content (AvgIpc) is 2.52. The normalized spacial score (nSPS) is 12.4. The highest BCUT2D eigenvalue weighted by molar-refractivity contribution is 5.97. The number of hydrogen-bond acceptors (Lipinski definition) is 5. The molecule has 7 heteroatoms. The van der Waals surface area contributed by atoms with E-state index in [2.05, 4.69) is 22.5 Å². The van der Waals surface area contributed by atoms with Gasteiger partial charge in [0, 0.05) is 17.3 Å². The fraction of sp³-hybridized carbons (Fsp3) is 0.333. The van der Waals surface area contributed by atoms with Crippen LogP contribution in [-0.2, 0) is 4.79 Å². The van der Waals surface area contributed by atoms with Gasteiger partial charge >= 0.3 is 0 Å². The standard InChI is InChI=1S/C15H20N4O3/c1-3-4-9-17-12-7-5-11(6-8-12)14(20)18-13(10(2)16)15(21)19-22/h5-8,10,13,17,22H,9,16H2,1-2H3,(H,18,20)(H,19,21). The third kappa shape index (κ3) is 5.09. The second-order valence-electron chi connectivity index (χ2n) is 4.64. The third-order valence-corrected chi connectivity index (χ3v) is 2.91. The molecule has 0 radical (unpaired) electrons. The van der Waals surface area contributed by atoms with Crippen LogP contribution in [0.4, 0.5) is 5.69 Å². The number of hydroxylamine groups is 1. The topological polar surface area (TPSA) is 116 Å². The summed E-state index contributed by atoms with van der Waals surface area (Å²) >= 11 is 0. The SMILES string of the molecule is CC#CCNc1ccc(C(=O)NC(C(=O)NO)C(C)N)cc1. The van der Waals surface area contributed by atoms with E-state index in [-0.39, 0.29) is 0 Å². The Labute approximate surface area is 129 Å². The number of nitrogens with one attached hydrogen (secondary N) is 3. The fourth-order valence-electron chi connectivity index (χ4n) is 1.70. The maximum Gasteiger partial charge on any atom is 0.267 e. The Bertz CT molecular complexity index is 573. The molecule has 1 aromatic rings. The molecule has 0 heterocycles. The van der Waals surface area contributed by atoms with Gasteiger partial charge in [0.25, 0.3) is 11.8 Å². The molecule has 118 valence electrons. The van der Waals surface area contributed by atoms with Crippen molar-refractivity contribution in [1.82, 2.24) is 10.8 Å². The molecule has 0 aliphatic carbocycles. The first-order valence-electron chi connectivity index (χ1n) is 6.73. The molecule has 2 amide bonds. The Hall–Kier alpha value is -2.56. The highest BCUT2D eigenvalue weighted by atomic mass is 16.5. The van der Waals surface area contributed by atoms with Crippen molar-refractivity contribution in [1.29, 1.82) is 0 Å². The second kappa shape index (κ2) is 8.67. The number of nitrogens with two attached hydrogens (primary N) is 1. The number of benzene rings is 1. The Morgan fingerprint density at radius 2 is 1.95 bits per heavy atom. The summed E-state index contributed by atoms with van der Waals surface area (Å²) in [6.45, 7) is 3.83. The molecule has 0 fully saturated rings. The molecule has 2 atom stereocenters.